The van der Waals surface area contributed by atoms with Crippen molar-refractivity contribution in [3.63, 3.8) is 0 Å². The predicted molar refractivity (Wildman–Crippen MR) is 115 cm³/mol. The van der Waals surface area contributed by atoms with Crippen LogP contribution in [0.5, 0.6) is 0 Å². The van der Waals surface area contributed by atoms with E-state index in [0.29, 0.717) is 6.54 Å². The lowest BCUT2D eigenvalue weighted by Crippen LogP contribution is -2.29. The number of carbonyl (C=O) groups excluding carboxylic acids is 1. The van der Waals surface area contributed by atoms with Crippen molar-refractivity contribution in [1.82, 2.24) is 30.0 Å². The molecule has 0 aromatic carbocycles. The maximum absolute atomic E-state index is 12.6. The molecule has 0 aliphatic carbocycles. The first-order valence-corrected chi connectivity index (χ1v) is 9.65. The Labute approximate surface area is 174 Å². The average Bonchev–Trinajstić information content (AvgIpc) is 3.14. The summed E-state index contributed by atoms with van der Waals surface area (Å²) in [7, 11) is 0. The molecule has 0 fully saturated rings. The molecule has 7 nitrogen and oxygen atoms in total. The third-order valence-electron chi connectivity index (χ3n) is 4.89. The molecule has 0 radical (unpaired) electrons. The molecule has 0 atom stereocenters. The van der Waals surface area contributed by atoms with Gasteiger partial charge < -0.3 is 5.32 Å². The van der Waals surface area contributed by atoms with Crippen LogP contribution >= 0.6 is 0 Å². The first kappa shape index (κ1) is 19.4. The van der Waals surface area contributed by atoms with E-state index in [-0.39, 0.29) is 6.03 Å². The summed E-state index contributed by atoms with van der Waals surface area (Å²) >= 11 is 0. The largest absolute Gasteiger partial charge is 0.342 e. The Balaban J connectivity index is 1.47. The average molecular weight is 398 g/mol. The summed E-state index contributed by atoms with van der Waals surface area (Å²) in [6.07, 6.45) is 6.95. The van der Waals surface area contributed by atoms with Crippen molar-refractivity contribution in [3.8, 4) is 22.5 Å². The molecule has 0 spiro atoms. The smallest absolute Gasteiger partial charge is 0.332 e. The lowest BCUT2D eigenvalue weighted by Gasteiger charge is -2.10. The van der Waals surface area contributed by atoms with E-state index >= 15 is 0 Å². The van der Waals surface area contributed by atoms with E-state index in [1.807, 2.05) is 57.2 Å². The summed E-state index contributed by atoms with van der Waals surface area (Å²) in [5.41, 5.74) is 7.22. The maximum atomic E-state index is 12.6. The number of aryl methyl sites for hydroxylation is 2. The molecule has 7 heteroatoms. The topological polar surface area (TPSA) is 85.6 Å². The summed E-state index contributed by atoms with van der Waals surface area (Å²) in [6, 6.07) is 11.4. The van der Waals surface area contributed by atoms with Gasteiger partial charge >= 0.3 is 6.03 Å². The van der Waals surface area contributed by atoms with E-state index in [2.05, 4.69) is 25.4 Å². The van der Waals surface area contributed by atoms with Crippen LogP contribution in [0, 0.1) is 20.8 Å². The molecule has 150 valence electrons. The van der Waals surface area contributed by atoms with E-state index in [0.717, 1.165) is 45.0 Å². The van der Waals surface area contributed by atoms with Crippen molar-refractivity contribution < 1.29 is 4.79 Å². The zero-order valence-corrected chi connectivity index (χ0v) is 17.1. The third kappa shape index (κ3) is 3.96. The van der Waals surface area contributed by atoms with Gasteiger partial charge in [0.1, 0.15) is 0 Å². The fourth-order valence-corrected chi connectivity index (χ4v) is 3.37. The van der Waals surface area contributed by atoms with Crippen LogP contribution in [0.4, 0.5) is 4.79 Å². The van der Waals surface area contributed by atoms with Crippen LogP contribution in [0.1, 0.15) is 22.5 Å². The minimum absolute atomic E-state index is 0.291. The minimum Gasteiger partial charge on any atom is -0.332 e. The molecule has 1 N–H and O–H groups in total. The molecule has 0 aliphatic rings. The predicted octanol–water partition coefficient (Wildman–Crippen LogP) is 4.09. The summed E-state index contributed by atoms with van der Waals surface area (Å²) in [4.78, 5) is 25.8. The highest BCUT2D eigenvalue weighted by Crippen LogP contribution is 2.22. The SMILES string of the molecule is Cc1cc(-c2ncc(CNC(=O)n3ncc(-c4ccccn4)c3C)cc2C)ccn1. The van der Waals surface area contributed by atoms with Crippen LogP contribution in [0.25, 0.3) is 22.5 Å². The normalized spacial score (nSPS) is 10.8. The standard InChI is InChI=1S/C23H22N6O/c1-15-10-18(12-26-22(15)19-7-9-24-16(2)11-19)13-27-23(30)29-17(3)20(14-28-29)21-6-4-5-8-25-21/h4-12,14H,13H2,1-3H3,(H,27,30). The quantitative estimate of drug-likeness (QED) is 0.560. The van der Waals surface area contributed by atoms with Gasteiger partial charge in [0.05, 0.1) is 23.3 Å². The lowest BCUT2D eigenvalue weighted by molar-refractivity contribution is 0.238. The van der Waals surface area contributed by atoms with Gasteiger partial charge in [0.25, 0.3) is 0 Å². The van der Waals surface area contributed by atoms with Crippen molar-refractivity contribution in [1.29, 1.82) is 0 Å². The van der Waals surface area contributed by atoms with Gasteiger partial charge in [0, 0.05) is 42.0 Å². The van der Waals surface area contributed by atoms with Gasteiger partial charge in [0.15, 0.2) is 0 Å². The molecular weight excluding hydrogens is 376 g/mol. The van der Waals surface area contributed by atoms with Crippen molar-refractivity contribution in [2.24, 2.45) is 0 Å². The van der Waals surface area contributed by atoms with Gasteiger partial charge in [-0.15, -0.1) is 0 Å². The first-order valence-electron chi connectivity index (χ1n) is 9.65. The molecule has 4 aromatic rings. The number of aromatic nitrogens is 5. The van der Waals surface area contributed by atoms with Gasteiger partial charge in [-0.3, -0.25) is 15.0 Å². The van der Waals surface area contributed by atoms with Crippen LogP contribution in [0.15, 0.2) is 61.2 Å². The van der Waals surface area contributed by atoms with Crippen LogP contribution in [-0.2, 0) is 6.54 Å². The highest BCUT2D eigenvalue weighted by atomic mass is 16.2. The number of amides is 1. The second-order valence-electron chi connectivity index (χ2n) is 7.12. The Hall–Kier alpha value is -3.87. The lowest BCUT2D eigenvalue weighted by atomic mass is 10.1. The number of nitrogens with zero attached hydrogens (tertiary/aromatic N) is 5. The van der Waals surface area contributed by atoms with Crippen molar-refractivity contribution in [2.45, 2.75) is 27.3 Å². The molecule has 0 saturated heterocycles. The molecule has 0 saturated carbocycles. The van der Waals surface area contributed by atoms with Gasteiger partial charge in [-0.1, -0.05) is 12.1 Å². The van der Waals surface area contributed by atoms with Crippen LogP contribution in [0.3, 0.4) is 0 Å². The highest BCUT2D eigenvalue weighted by Gasteiger charge is 2.15. The van der Waals surface area contributed by atoms with Crippen molar-refractivity contribution >= 4 is 6.03 Å². The second-order valence-corrected chi connectivity index (χ2v) is 7.12. The molecule has 30 heavy (non-hydrogen) atoms. The molecule has 4 rings (SSSR count). The fourth-order valence-electron chi connectivity index (χ4n) is 3.37. The fraction of sp³-hybridized carbons (Fsp3) is 0.174. The number of pyridine rings is 3. The van der Waals surface area contributed by atoms with Gasteiger partial charge in [-0.25, -0.2) is 4.79 Å². The molecule has 0 bridgehead atoms. The number of hydrogen-bond acceptors (Lipinski definition) is 5. The summed E-state index contributed by atoms with van der Waals surface area (Å²) in [5.74, 6) is 0. The van der Waals surface area contributed by atoms with Gasteiger partial charge in [-0.2, -0.15) is 9.78 Å². The van der Waals surface area contributed by atoms with E-state index in [1.165, 1.54) is 4.68 Å². The zero-order valence-electron chi connectivity index (χ0n) is 17.1. The van der Waals surface area contributed by atoms with E-state index in [9.17, 15) is 4.79 Å². The monoisotopic (exact) mass is 398 g/mol. The van der Waals surface area contributed by atoms with Gasteiger partial charge in [0.2, 0.25) is 0 Å². The Morgan fingerprint density at radius 2 is 1.87 bits per heavy atom. The number of rotatable bonds is 4. The third-order valence-corrected chi connectivity index (χ3v) is 4.89. The van der Waals surface area contributed by atoms with Crippen LogP contribution < -0.4 is 5.32 Å². The highest BCUT2D eigenvalue weighted by molar-refractivity contribution is 5.79. The van der Waals surface area contributed by atoms with Crippen molar-refractivity contribution in [3.05, 3.63) is 83.7 Å². The number of nitrogens with one attached hydrogen (secondary N) is 1. The molecule has 0 unspecified atom stereocenters. The summed E-state index contributed by atoms with van der Waals surface area (Å²) in [5, 5.41) is 7.13. The Morgan fingerprint density at radius 3 is 2.60 bits per heavy atom. The van der Waals surface area contributed by atoms with Crippen LogP contribution in [-0.4, -0.2) is 30.8 Å². The van der Waals surface area contributed by atoms with Crippen LogP contribution in [0.2, 0.25) is 0 Å². The molecular formula is C23H22N6O. The first-order chi connectivity index (χ1) is 14.5. The summed E-state index contributed by atoms with van der Waals surface area (Å²) in [6.45, 7) is 6.19. The Morgan fingerprint density at radius 1 is 1.00 bits per heavy atom. The minimum atomic E-state index is -0.291. The molecule has 1 amide bonds. The molecule has 4 heterocycles. The molecule has 4 aromatic heterocycles. The zero-order chi connectivity index (χ0) is 21.1. The maximum Gasteiger partial charge on any atom is 0.342 e. The Bertz CT molecular complexity index is 1200. The number of hydrogen-bond donors (Lipinski definition) is 1. The van der Waals surface area contributed by atoms with E-state index < -0.39 is 0 Å². The van der Waals surface area contributed by atoms with E-state index in [4.69, 9.17) is 0 Å². The number of carbonyl (C=O) groups is 1. The van der Waals surface area contributed by atoms with E-state index in [1.54, 1.807) is 24.8 Å². The summed E-state index contributed by atoms with van der Waals surface area (Å²) < 4.78 is 1.36. The molecule has 0 aliphatic heterocycles. The van der Waals surface area contributed by atoms with Crippen molar-refractivity contribution in [2.75, 3.05) is 0 Å². The Kier molecular flexibility index (Phi) is 5.34. The second kappa shape index (κ2) is 8.24. The van der Waals surface area contributed by atoms with Gasteiger partial charge in [-0.05, 0) is 56.2 Å².